The van der Waals surface area contributed by atoms with Crippen molar-refractivity contribution in [3.05, 3.63) is 83.9 Å². The number of carbonyl (C=O) groups excluding carboxylic acids is 1. The average molecular weight is 375 g/mol. The van der Waals surface area contributed by atoms with Gasteiger partial charge in [-0.15, -0.1) is 11.3 Å². The van der Waals surface area contributed by atoms with Gasteiger partial charge in [0.2, 0.25) is 0 Å². The Hall–Kier alpha value is -3.32. The molecule has 134 valence electrons. The van der Waals surface area contributed by atoms with E-state index in [0.717, 1.165) is 16.3 Å². The lowest BCUT2D eigenvalue weighted by atomic mass is 10.1. The van der Waals surface area contributed by atoms with Crippen molar-refractivity contribution >= 4 is 17.2 Å². The monoisotopic (exact) mass is 375 g/mol. The van der Waals surface area contributed by atoms with E-state index in [4.69, 9.17) is 0 Å². The van der Waals surface area contributed by atoms with Crippen LogP contribution in [0.25, 0.3) is 16.3 Å². The minimum atomic E-state index is -0.139. The second-order valence-electron chi connectivity index (χ2n) is 5.87. The van der Waals surface area contributed by atoms with Gasteiger partial charge in [-0.2, -0.15) is 5.10 Å². The van der Waals surface area contributed by atoms with Crippen LogP contribution >= 0.6 is 11.3 Å². The standard InChI is InChI=1S/C20H17N5OS/c26-19(17-8-4-5-9-18(17)25-14-21-13-23-25)22-11-10-16-12-27-20(24-16)15-6-2-1-3-7-15/h1-9,12-14H,10-11H2,(H,22,26). The summed E-state index contributed by atoms with van der Waals surface area (Å²) in [5.74, 6) is -0.139. The Morgan fingerprint density at radius 2 is 1.89 bits per heavy atom. The Bertz CT molecular complexity index is 1030. The van der Waals surface area contributed by atoms with E-state index < -0.39 is 0 Å². The highest BCUT2D eigenvalue weighted by molar-refractivity contribution is 7.13. The van der Waals surface area contributed by atoms with E-state index in [1.165, 1.54) is 6.33 Å². The van der Waals surface area contributed by atoms with Crippen molar-refractivity contribution in [3.63, 3.8) is 0 Å². The van der Waals surface area contributed by atoms with Gasteiger partial charge in [-0.05, 0) is 12.1 Å². The predicted octanol–water partition coefficient (Wildman–Crippen LogP) is 3.36. The zero-order valence-corrected chi connectivity index (χ0v) is 15.3. The van der Waals surface area contributed by atoms with Crippen molar-refractivity contribution in [2.75, 3.05) is 6.54 Å². The van der Waals surface area contributed by atoms with E-state index in [1.807, 2.05) is 53.9 Å². The van der Waals surface area contributed by atoms with Gasteiger partial charge in [0.25, 0.3) is 5.91 Å². The van der Waals surface area contributed by atoms with Crippen molar-refractivity contribution in [2.24, 2.45) is 0 Å². The fraction of sp³-hybridized carbons (Fsp3) is 0.100. The first-order chi connectivity index (χ1) is 13.3. The molecule has 7 heteroatoms. The number of nitrogens with zero attached hydrogens (tertiary/aromatic N) is 4. The number of carbonyl (C=O) groups is 1. The van der Waals surface area contributed by atoms with E-state index >= 15 is 0 Å². The molecule has 0 saturated heterocycles. The van der Waals surface area contributed by atoms with Crippen molar-refractivity contribution in [1.29, 1.82) is 0 Å². The van der Waals surface area contributed by atoms with Crippen LogP contribution < -0.4 is 5.32 Å². The van der Waals surface area contributed by atoms with Crippen LogP contribution in [-0.4, -0.2) is 32.2 Å². The number of hydrogen-bond acceptors (Lipinski definition) is 5. The summed E-state index contributed by atoms with van der Waals surface area (Å²) in [7, 11) is 0. The van der Waals surface area contributed by atoms with Crippen LogP contribution in [0, 0.1) is 0 Å². The number of aromatic nitrogens is 4. The van der Waals surface area contributed by atoms with Gasteiger partial charge in [0.15, 0.2) is 0 Å². The number of hydrogen-bond donors (Lipinski definition) is 1. The maximum atomic E-state index is 12.6. The second-order valence-corrected chi connectivity index (χ2v) is 6.73. The van der Waals surface area contributed by atoms with E-state index in [0.29, 0.717) is 24.2 Å². The van der Waals surface area contributed by atoms with E-state index in [-0.39, 0.29) is 5.91 Å². The summed E-state index contributed by atoms with van der Waals surface area (Å²) in [6.45, 7) is 0.516. The highest BCUT2D eigenvalue weighted by Crippen LogP contribution is 2.23. The quantitative estimate of drug-likeness (QED) is 0.561. The largest absolute Gasteiger partial charge is 0.352 e. The predicted molar refractivity (Wildman–Crippen MR) is 105 cm³/mol. The van der Waals surface area contributed by atoms with Crippen LogP contribution in [0.5, 0.6) is 0 Å². The number of benzene rings is 2. The van der Waals surface area contributed by atoms with Crippen LogP contribution in [-0.2, 0) is 6.42 Å². The summed E-state index contributed by atoms with van der Waals surface area (Å²) >= 11 is 1.62. The number of rotatable bonds is 6. The first kappa shape index (κ1) is 17.1. The van der Waals surface area contributed by atoms with Crippen LogP contribution in [0.1, 0.15) is 16.1 Å². The van der Waals surface area contributed by atoms with Crippen LogP contribution in [0.2, 0.25) is 0 Å². The third-order valence-corrected chi connectivity index (χ3v) is 4.99. The fourth-order valence-corrected chi connectivity index (χ4v) is 3.59. The van der Waals surface area contributed by atoms with Gasteiger partial charge in [0, 0.05) is 23.9 Å². The van der Waals surface area contributed by atoms with Crippen LogP contribution in [0.3, 0.4) is 0 Å². The number of para-hydroxylation sites is 1. The van der Waals surface area contributed by atoms with Crippen LogP contribution in [0.4, 0.5) is 0 Å². The Kier molecular flexibility index (Phi) is 5.02. The molecule has 0 atom stereocenters. The molecule has 1 N–H and O–H groups in total. The maximum Gasteiger partial charge on any atom is 0.253 e. The van der Waals surface area contributed by atoms with E-state index in [1.54, 1.807) is 28.4 Å². The fourth-order valence-electron chi connectivity index (χ4n) is 2.73. The van der Waals surface area contributed by atoms with Gasteiger partial charge >= 0.3 is 0 Å². The molecule has 0 aliphatic rings. The minimum Gasteiger partial charge on any atom is -0.352 e. The van der Waals surface area contributed by atoms with Gasteiger partial charge in [0.05, 0.1) is 16.9 Å². The molecule has 27 heavy (non-hydrogen) atoms. The van der Waals surface area contributed by atoms with Crippen LogP contribution in [0.15, 0.2) is 72.6 Å². The SMILES string of the molecule is O=C(NCCc1csc(-c2ccccc2)n1)c1ccccc1-n1cncn1. The first-order valence-corrected chi connectivity index (χ1v) is 9.41. The van der Waals surface area contributed by atoms with Gasteiger partial charge in [-0.3, -0.25) is 4.79 Å². The molecule has 2 heterocycles. The van der Waals surface area contributed by atoms with Gasteiger partial charge in [-0.25, -0.2) is 14.6 Å². The van der Waals surface area contributed by atoms with Gasteiger partial charge < -0.3 is 5.32 Å². The third kappa shape index (κ3) is 3.93. The molecule has 0 aliphatic heterocycles. The highest BCUT2D eigenvalue weighted by Gasteiger charge is 2.12. The summed E-state index contributed by atoms with van der Waals surface area (Å²) in [6.07, 6.45) is 3.70. The van der Waals surface area contributed by atoms with Crippen molar-refractivity contribution in [1.82, 2.24) is 25.1 Å². The zero-order chi connectivity index (χ0) is 18.5. The summed E-state index contributed by atoms with van der Waals surface area (Å²) in [5.41, 5.74) is 3.35. The summed E-state index contributed by atoms with van der Waals surface area (Å²) in [4.78, 5) is 21.2. The molecule has 1 amide bonds. The molecular weight excluding hydrogens is 358 g/mol. The molecule has 0 unspecified atom stereocenters. The lowest BCUT2D eigenvalue weighted by molar-refractivity contribution is 0.0954. The lowest BCUT2D eigenvalue weighted by Crippen LogP contribution is -2.27. The summed E-state index contributed by atoms with van der Waals surface area (Å²) in [6, 6.07) is 17.4. The minimum absolute atomic E-state index is 0.139. The van der Waals surface area contributed by atoms with E-state index in [2.05, 4.69) is 20.4 Å². The second kappa shape index (κ2) is 7.92. The Morgan fingerprint density at radius 3 is 2.70 bits per heavy atom. The molecular formula is C20H17N5OS. The molecule has 4 aromatic rings. The Balaban J connectivity index is 1.39. The van der Waals surface area contributed by atoms with Gasteiger partial charge in [0.1, 0.15) is 17.7 Å². The molecule has 2 aromatic carbocycles. The topological polar surface area (TPSA) is 72.7 Å². The first-order valence-electron chi connectivity index (χ1n) is 8.53. The lowest BCUT2D eigenvalue weighted by Gasteiger charge is -2.09. The summed E-state index contributed by atoms with van der Waals surface area (Å²) < 4.78 is 1.58. The Morgan fingerprint density at radius 1 is 1.07 bits per heavy atom. The molecule has 0 aliphatic carbocycles. The number of amides is 1. The number of thiazole rings is 1. The molecule has 0 spiro atoms. The molecule has 0 radical (unpaired) electrons. The van der Waals surface area contributed by atoms with Crippen molar-refractivity contribution < 1.29 is 4.79 Å². The molecule has 4 rings (SSSR count). The third-order valence-electron chi connectivity index (χ3n) is 4.05. The highest BCUT2D eigenvalue weighted by atomic mass is 32.1. The molecule has 2 aromatic heterocycles. The Labute approximate surface area is 160 Å². The summed E-state index contributed by atoms with van der Waals surface area (Å²) in [5, 5.41) is 10.1. The maximum absolute atomic E-state index is 12.6. The molecule has 0 fully saturated rings. The van der Waals surface area contributed by atoms with E-state index in [9.17, 15) is 4.79 Å². The van der Waals surface area contributed by atoms with Crippen molar-refractivity contribution in [2.45, 2.75) is 6.42 Å². The molecule has 0 saturated carbocycles. The van der Waals surface area contributed by atoms with Crippen molar-refractivity contribution in [3.8, 4) is 16.3 Å². The smallest absolute Gasteiger partial charge is 0.253 e. The molecule has 6 nitrogen and oxygen atoms in total. The normalized spacial score (nSPS) is 10.7. The average Bonchev–Trinajstić information content (AvgIpc) is 3.41. The van der Waals surface area contributed by atoms with Gasteiger partial charge in [-0.1, -0.05) is 42.5 Å². The molecule has 0 bridgehead atoms. The zero-order valence-electron chi connectivity index (χ0n) is 14.4. The number of nitrogens with one attached hydrogen (secondary N) is 1.